The number of alkyl halides is 1. The molecule has 1 saturated heterocycles. The Morgan fingerprint density at radius 3 is 3.00 bits per heavy atom. The Labute approximate surface area is 110 Å². The van der Waals surface area contributed by atoms with Gasteiger partial charge >= 0.3 is 0 Å². The topological polar surface area (TPSA) is 44.2 Å². The molecule has 1 aliphatic heterocycles. The molecule has 1 aromatic heterocycles. The fourth-order valence-corrected chi connectivity index (χ4v) is 2.13. The average Bonchev–Trinajstić information content (AvgIpc) is 2.91. The number of hydrogen-bond donors (Lipinski definition) is 0. The molecule has 1 aliphatic rings. The predicted molar refractivity (Wildman–Crippen MR) is 68.9 cm³/mol. The minimum absolute atomic E-state index is 0.0754. The van der Waals surface area contributed by atoms with E-state index in [0.717, 1.165) is 23.9 Å². The van der Waals surface area contributed by atoms with Crippen molar-refractivity contribution in [1.29, 1.82) is 0 Å². The van der Waals surface area contributed by atoms with Gasteiger partial charge in [-0.15, -0.1) is 11.6 Å². The number of benzene rings is 1. The van der Waals surface area contributed by atoms with Gasteiger partial charge in [-0.05, 0) is 12.1 Å². The van der Waals surface area contributed by atoms with Crippen molar-refractivity contribution < 1.29 is 9.47 Å². The summed E-state index contributed by atoms with van der Waals surface area (Å²) in [6, 6.07) is 7.78. The van der Waals surface area contributed by atoms with Crippen LogP contribution in [0.1, 0.15) is 12.2 Å². The Morgan fingerprint density at radius 2 is 2.22 bits per heavy atom. The summed E-state index contributed by atoms with van der Waals surface area (Å²) in [6.07, 6.45) is 0.973. The third-order valence-corrected chi connectivity index (χ3v) is 3.14. The van der Waals surface area contributed by atoms with Crippen LogP contribution in [-0.2, 0) is 10.6 Å². The summed E-state index contributed by atoms with van der Waals surface area (Å²) in [6.45, 7) is 1.37. The number of nitrogens with zero attached hydrogens (tertiary/aromatic N) is 2. The molecule has 18 heavy (non-hydrogen) atoms. The van der Waals surface area contributed by atoms with Crippen LogP contribution in [-0.4, -0.2) is 29.3 Å². The van der Waals surface area contributed by atoms with Crippen LogP contribution in [0, 0.1) is 0 Å². The first kappa shape index (κ1) is 11.7. The number of ether oxygens (including phenoxy) is 2. The molecule has 1 fully saturated rings. The van der Waals surface area contributed by atoms with Crippen LogP contribution in [0.25, 0.3) is 10.9 Å². The molecule has 0 aliphatic carbocycles. The molecule has 94 valence electrons. The van der Waals surface area contributed by atoms with E-state index in [2.05, 4.69) is 9.97 Å². The van der Waals surface area contributed by atoms with E-state index in [1.807, 2.05) is 24.3 Å². The van der Waals surface area contributed by atoms with Crippen LogP contribution in [0.4, 0.5) is 0 Å². The molecule has 3 rings (SSSR count). The zero-order chi connectivity index (χ0) is 12.4. The summed E-state index contributed by atoms with van der Waals surface area (Å²) in [5, 5.41) is 0.915. The molecule has 0 saturated carbocycles. The summed E-state index contributed by atoms with van der Waals surface area (Å²) in [5.74, 6) is 1.47. The number of aromatic nitrogens is 2. The highest BCUT2D eigenvalue weighted by atomic mass is 35.5. The van der Waals surface area contributed by atoms with Gasteiger partial charge < -0.3 is 9.47 Å². The van der Waals surface area contributed by atoms with E-state index >= 15 is 0 Å². The van der Waals surface area contributed by atoms with E-state index in [1.165, 1.54) is 0 Å². The van der Waals surface area contributed by atoms with E-state index in [-0.39, 0.29) is 12.0 Å². The lowest BCUT2D eigenvalue weighted by molar-refractivity contribution is 0.139. The second-order valence-electron chi connectivity index (χ2n) is 4.20. The van der Waals surface area contributed by atoms with Crippen molar-refractivity contribution in [2.24, 2.45) is 0 Å². The molecule has 5 heteroatoms. The molecular formula is C13H13ClN2O2. The Kier molecular flexibility index (Phi) is 3.30. The van der Waals surface area contributed by atoms with Crippen molar-refractivity contribution in [2.45, 2.75) is 18.4 Å². The maximum absolute atomic E-state index is 5.90. The molecule has 0 amide bonds. The van der Waals surface area contributed by atoms with E-state index in [9.17, 15) is 0 Å². The average molecular weight is 265 g/mol. The molecule has 4 nitrogen and oxygen atoms in total. The van der Waals surface area contributed by atoms with Crippen LogP contribution in [0.3, 0.4) is 0 Å². The minimum atomic E-state index is 0.0754. The first-order chi connectivity index (χ1) is 8.86. The second kappa shape index (κ2) is 5.08. The van der Waals surface area contributed by atoms with Crippen LogP contribution >= 0.6 is 11.6 Å². The van der Waals surface area contributed by atoms with Crippen LogP contribution in [0.5, 0.6) is 5.88 Å². The molecule has 2 aromatic rings. The largest absolute Gasteiger partial charge is 0.471 e. The first-order valence-electron chi connectivity index (χ1n) is 5.93. The summed E-state index contributed by atoms with van der Waals surface area (Å²) >= 11 is 5.81. The van der Waals surface area contributed by atoms with Crippen molar-refractivity contribution in [3.63, 3.8) is 0 Å². The fourth-order valence-electron chi connectivity index (χ4n) is 2.01. The highest BCUT2D eigenvalue weighted by molar-refractivity contribution is 6.16. The third-order valence-electron chi connectivity index (χ3n) is 2.90. The lowest BCUT2D eigenvalue weighted by Crippen LogP contribution is -2.17. The number of para-hydroxylation sites is 1. The number of fused-ring (bicyclic) bond motifs is 1. The lowest BCUT2D eigenvalue weighted by atomic mass is 10.2. The maximum Gasteiger partial charge on any atom is 0.225 e. The molecule has 0 radical (unpaired) electrons. The van der Waals surface area contributed by atoms with E-state index in [1.54, 1.807) is 0 Å². The van der Waals surface area contributed by atoms with Gasteiger partial charge in [0.2, 0.25) is 5.88 Å². The van der Waals surface area contributed by atoms with Gasteiger partial charge in [-0.25, -0.2) is 4.98 Å². The monoisotopic (exact) mass is 264 g/mol. The lowest BCUT2D eigenvalue weighted by Gasteiger charge is -2.13. The quantitative estimate of drug-likeness (QED) is 0.799. The zero-order valence-electron chi connectivity index (χ0n) is 9.80. The Balaban J connectivity index is 2.01. The van der Waals surface area contributed by atoms with Crippen molar-refractivity contribution >= 4 is 22.5 Å². The van der Waals surface area contributed by atoms with Gasteiger partial charge in [0.25, 0.3) is 0 Å². The summed E-state index contributed by atoms with van der Waals surface area (Å²) in [7, 11) is 0. The van der Waals surface area contributed by atoms with Crippen LogP contribution < -0.4 is 4.74 Å². The molecule has 1 unspecified atom stereocenters. The van der Waals surface area contributed by atoms with E-state index < -0.39 is 0 Å². The molecule has 0 spiro atoms. The van der Waals surface area contributed by atoms with Gasteiger partial charge in [0.05, 0.1) is 30.0 Å². The van der Waals surface area contributed by atoms with Crippen LogP contribution in [0.15, 0.2) is 24.3 Å². The summed E-state index contributed by atoms with van der Waals surface area (Å²) in [4.78, 5) is 8.74. The molecule has 2 heterocycles. The molecule has 0 bridgehead atoms. The Bertz CT molecular complexity index is 556. The smallest absolute Gasteiger partial charge is 0.225 e. The number of halogens is 1. The fraction of sp³-hybridized carbons (Fsp3) is 0.385. The van der Waals surface area contributed by atoms with Gasteiger partial charge in [-0.1, -0.05) is 12.1 Å². The molecule has 0 N–H and O–H groups in total. The highest BCUT2D eigenvalue weighted by Crippen LogP contribution is 2.25. The van der Waals surface area contributed by atoms with Crippen LogP contribution in [0.2, 0.25) is 0 Å². The Hall–Kier alpha value is -1.39. The first-order valence-corrected chi connectivity index (χ1v) is 6.46. The van der Waals surface area contributed by atoms with Gasteiger partial charge in [0.1, 0.15) is 11.9 Å². The highest BCUT2D eigenvalue weighted by Gasteiger charge is 2.19. The second-order valence-corrected chi connectivity index (χ2v) is 4.47. The van der Waals surface area contributed by atoms with Crippen molar-refractivity contribution in [2.75, 3.05) is 13.2 Å². The molecule has 1 aromatic carbocycles. The minimum Gasteiger partial charge on any atom is -0.471 e. The SMILES string of the molecule is ClCc1nc(OC2CCOC2)c2ccccc2n1. The van der Waals surface area contributed by atoms with E-state index in [4.69, 9.17) is 21.1 Å². The van der Waals surface area contributed by atoms with Gasteiger partial charge in [-0.3, -0.25) is 0 Å². The van der Waals surface area contributed by atoms with E-state index in [0.29, 0.717) is 18.3 Å². The summed E-state index contributed by atoms with van der Waals surface area (Å²) < 4.78 is 11.2. The zero-order valence-corrected chi connectivity index (χ0v) is 10.6. The normalized spacial score (nSPS) is 19.3. The van der Waals surface area contributed by atoms with Crippen molar-refractivity contribution in [1.82, 2.24) is 9.97 Å². The molecular weight excluding hydrogens is 252 g/mol. The third kappa shape index (κ3) is 2.26. The number of hydrogen-bond acceptors (Lipinski definition) is 4. The van der Waals surface area contributed by atoms with Gasteiger partial charge in [0.15, 0.2) is 0 Å². The standard InChI is InChI=1S/C13H13ClN2O2/c14-7-12-15-11-4-2-1-3-10(11)13(16-12)18-9-5-6-17-8-9/h1-4,9H,5-8H2. The van der Waals surface area contributed by atoms with Crippen molar-refractivity contribution in [3.05, 3.63) is 30.1 Å². The number of rotatable bonds is 3. The maximum atomic E-state index is 5.90. The molecule has 1 atom stereocenters. The predicted octanol–water partition coefficient (Wildman–Crippen LogP) is 2.54. The van der Waals surface area contributed by atoms with Gasteiger partial charge in [-0.2, -0.15) is 4.98 Å². The summed E-state index contributed by atoms with van der Waals surface area (Å²) in [5.41, 5.74) is 0.858. The van der Waals surface area contributed by atoms with Crippen molar-refractivity contribution in [3.8, 4) is 5.88 Å². The Morgan fingerprint density at radius 1 is 1.33 bits per heavy atom. The van der Waals surface area contributed by atoms with Gasteiger partial charge in [0, 0.05) is 6.42 Å².